The largest absolute Gasteiger partial charge is 0.378 e. The predicted octanol–water partition coefficient (Wildman–Crippen LogP) is 3.79. The molecule has 0 fully saturated rings. The van der Waals surface area contributed by atoms with Crippen LogP contribution in [0.5, 0.6) is 0 Å². The molecule has 1 amide bonds. The van der Waals surface area contributed by atoms with E-state index in [1.165, 1.54) is 5.56 Å². The van der Waals surface area contributed by atoms with Gasteiger partial charge in [-0.3, -0.25) is 4.79 Å². The third-order valence-corrected chi connectivity index (χ3v) is 4.35. The number of carbonyl (C=O) groups excluding carboxylic acids is 1. The second-order valence-electron chi connectivity index (χ2n) is 5.54. The molecule has 1 aliphatic rings. The monoisotopic (exact) mass is 344 g/mol. The van der Waals surface area contributed by atoms with Crippen molar-refractivity contribution in [1.29, 1.82) is 0 Å². The molecule has 108 valence electrons. The summed E-state index contributed by atoms with van der Waals surface area (Å²) in [5, 5.41) is 2.96. The summed E-state index contributed by atoms with van der Waals surface area (Å²) in [4.78, 5) is 14.3. The Balaban J connectivity index is 1.85. The molecule has 4 heteroatoms. The third-order valence-electron chi connectivity index (χ3n) is 3.86. The molecule has 0 unspecified atom stereocenters. The smallest absolute Gasteiger partial charge is 0.232 e. The van der Waals surface area contributed by atoms with Gasteiger partial charge in [-0.25, -0.2) is 0 Å². The molecule has 0 radical (unpaired) electrons. The predicted molar refractivity (Wildman–Crippen MR) is 90.0 cm³/mol. The molecule has 1 heterocycles. The zero-order valence-corrected chi connectivity index (χ0v) is 13.6. The van der Waals surface area contributed by atoms with Crippen LogP contribution in [0.3, 0.4) is 0 Å². The fourth-order valence-electron chi connectivity index (χ4n) is 2.67. The van der Waals surface area contributed by atoms with Gasteiger partial charge in [0.2, 0.25) is 5.91 Å². The van der Waals surface area contributed by atoms with Crippen LogP contribution < -0.4 is 10.2 Å². The van der Waals surface area contributed by atoms with Gasteiger partial charge in [0.05, 0.1) is 5.92 Å². The normalized spacial score (nSPS) is 16.5. The van der Waals surface area contributed by atoms with Crippen molar-refractivity contribution in [3.63, 3.8) is 0 Å². The molecular weight excluding hydrogens is 328 g/mol. The number of rotatable bonds is 3. The second kappa shape index (κ2) is 5.53. The first kappa shape index (κ1) is 14.1. The van der Waals surface area contributed by atoms with Crippen molar-refractivity contribution in [3.8, 4) is 0 Å². The van der Waals surface area contributed by atoms with E-state index in [0.29, 0.717) is 0 Å². The summed E-state index contributed by atoms with van der Waals surface area (Å²) in [7, 11) is 4.04. The molecule has 2 aromatic carbocycles. The van der Waals surface area contributed by atoms with Gasteiger partial charge in [-0.15, -0.1) is 0 Å². The summed E-state index contributed by atoms with van der Waals surface area (Å²) in [5.41, 5.74) is 4.34. The lowest BCUT2D eigenvalue weighted by Gasteiger charge is -2.14. The summed E-state index contributed by atoms with van der Waals surface area (Å²) in [6.45, 7) is 0. The Morgan fingerprint density at radius 2 is 1.86 bits per heavy atom. The number of fused-ring (bicyclic) bond motifs is 1. The molecule has 3 nitrogen and oxygen atoms in total. The number of amides is 1. The Hall–Kier alpha value is -1.81. The van der Waals surface area contributed by atoms with E-state index in [-0.39, 0.29) is 11.8 Å². The highest BCUT2D eigenvalue weighted by Gasteiger charge is 2.30. The molecular formula is C17H17BrN2O. The Labute approximate surface area is 133 Å². The summed E-state index contributed by atoms with van der Waals surface area (Å²) in [5.74, 6) is -0.0255. The summed E-state index contributed by atoms with van der Waals surface area (Å²) >= 11 is 3.48. The molecule has 3 rings (SSSR count). The molecule has 0 spiro atoms. The highest BCUT2D eigenvalue weighted by atomic mass is 79.9. The SMILES string of the molecule is CN(C)c1ccc(C[C@H]2C(=O)Nc3ccc(Br)cc32)cc1. The maximum atomic E-state index is 12.2. The van der Waals surface area contributed by atoms with Gasteiger partial charge >= 0.3 is 0 Å². The van der Waals surface area contributed by atoms with Crippen LogP contribution in [0.25, 0.3) is 0 Å². The zero-order valence-electron chi connectivity index (χ0n) is 12.1. The van der Waals surface area contributed by atoms with Gasteiger partial charge in [-0.2, -0.15) is 0 Å². The molecule has 2 aromatic rings. The van der Waals surface area contributed by atoms with E-state index >= 15 is 0 Å². The number of benzene rings is 2. The maximum absolute atomic E-state index is 12.2. The molecule has 1 atom stereocenters. The van der Waals surface area contributed by atoms with Crippen molar-refractivity contribution >= 4 is 33.2 Å². The fourth-order valence-corrected chi connectivity index (χ4v) is 3.04. The first-order chi connectivity index (χ1) is 10.0. The molecule has 1 aliphatic heterocycles. The molecule has 0 aliphatic carbocycles. The number of hydrogen-bond donors (Lipinski definition) is 1. The highest BCUT2D eigenvalue weighted by Crippen LogP contribution is 2.36. The van der Waals surface area contributed by atoms with Gasteiger partial charge in [0.25, 0.3) is 0 Å². The molecule has 0 saturated carbocycles. The molecule has 0 saturated heterocycles. The number of carbonyl (C=O) groups is 1. The molecule has 0 aromatic heterocycles. The Morgan fingerprint density at radius 3 is 2.52 bits per heavy atom. The minimum Gasteiger partial charge on any atom is -0.378 e. The Kier molecular flexibility index (Phi) is 3.72. The zero-order chi connectivity index (χ0) is 15.0. The van der Waals surface area contributed by atoms with Crippen molar-refractivity contribution < 1.29 is 4.79 Å². The van der Waals surface area contributed by atoms with Crippen LogP contribution >= 0.6 is 15.9 Å². The topological polar surface area (TPSA) is 32.3 Å². The lowest BCUT2D eigenvalue weighted by molar-refractivity contribution is -0.117. The van der Waals surface area contributed by atoms with Gasteiger partial charge in [0.15, 0.2) is 0 Å². The van der Waals surface area contributed by atoms with E-state index < -0.39 is 0 Å². The van der Waals surface area contributed by atoms with Crippen LogP contribution in [0.2, 0.25) is 0 Å². The summed E-state index contributed by atoms with van der Waals surface area (Å²) in [6.07, 6.45) is 0.725. The average molecular weight is 345 g/mol. The lowest BCUT2D eigenvalue weighted by Crippen LogP contribution is -2.14. The van der Waals surface area contributed by atoms with Crippen molar-refractivity contribution in [2.45, 2.75) is 12.3 Å². The second-order valence-corrected chi connectivity index (χ2v) is 6.45. The van der Waals surface area contributed by atoms with E-state index in [1.807, 2.05) is 32.3 Å². The minimum atomic E-state index is -0.109. The first-order valence-corrected chi connectivity index (χ1v) is 7.70. The van der Waals surface area contributed by atoms with Crippen LogP contribution in [0, 0.1) is 0 Å². The lowest BCUT2D eigenvalue weighted by atomic mass is 9.93. The third kappa shape index (κ3) is 2.81. The highest BCUT2D eigenvalue weighted by molar-refractivity contribution is 9.10. The van der Waals surface area contributed by atoms with Gasteiger partial charge in [-0.1, -0.05) is 28.1 Å². The number of nitrogens with one attached hydrogen (secondary N) is 1. The number of anilines is 2. The quantitative estimate of drug-likeness (QED) is 0.918. The van der Waals surface area contributed by atoms with Crippen molar-refractivity contribution in [2.75, 3.05) is 24.3 Å². The minimum absolute atomic E-state index is 0.0831. The van der Waals surface area contributed by atoms with E-state index in [4.69, 9.17) is 0 Å². The van der Waals surface area contributed by atoms with Gasteiger partial charge in [0.1, 0.15) is 0 Å². The average Bonchev–Trinajstić information content (AvgIpc) is 2.76. The summed E-state index contributed by atoms with van der Waals surface area (Å²) in [6, 6.07) is 14.3. The number of hydrogen-bond acceptors (Lipinski definition) is 2. The fraction of sp³-hybridized carbons (Fsp3) is 0.235. The van der Waals surface area contributed by atoms with Crippen LogP contribution in [0.1, 0.15) is 17.0 Å². The van der Waals surface area contributed by atoms with Gasteiger partial charge < -0.3 is 10.2 Å². The number of nitrogens with zero attached hydrogens (tertiary/aromatic N) is 1. The van der Waals surface area contributed by atoms with Crippen LogP contribution in [-0.4, -0.2) is 20.0 Å². The van der Waals surface area contributed by atoms with E-state index in [0.717, 1.165) is 27.8 Å². The van der Waals surface area contributed by atoms with E-state index in [9.17, 15) is 4.79 Å². The van der Waals surface area contributed by atoms with Crippen LogP contribution in [0.15, 0.2) is 46.9 Å². The molecule has 1 N–H and O–H groups in total. The van der Waals surface area contributed by atoms with Gasteiger partial charge in [-0.05, 0) is 47.9 Å². The Morgan fingerprint density at radius 1 is 1.14 bits per heavy atom. The summed E-state index contributed by atoms with van der Waals surface area (Å²) < 4.78 is 1.01. The first-order valence-electron chi connectivity index (χ1n) is 6.91. The molecule has 0 bridgehead atoms. The van der Waals surface area contributed by atoms with Crippen molar-refractivity contribution in [1.82, 2.24) is 0 Å². The Bertz CT molecular complexity index is 680. The van der Waals surface area contributed by atoms with Crippen molar-refractivity contribution in [3.05, 3.63) is 58.1 Å². The van der Waals surface area contributed by atoms with E-state index in [1.54, 1.807) is 0 Å². The maximum Gasteiger partial charge on any atom is 0.232 e. The standard InChI is InChI=1S/C17H17BrN2O/c1-20(2)13-6-3-11(4-7-13)9-15-14-10-12(18)5-8-16(14)19-17(15)21/h3-8,10,15H,9H2,1-2H3,(H,19,21)/t15-/m1/s1. The number of halogens is 1. The van der Waals surface area contributed by atoms with Crippen LogP contribution in [-0.2, 0) is 11.2 Å². The van der Waals surface area contributed by atoms with Crippen molar-refractivity contribution in [2.24, 2.45) is 0 Å². The van der Waals surface area contributed by atoms with Crippen LogP contribution in [0.4, 0.5) is 11.4 Å². The van der Waals surface area contributed by atoms with E-state index in [2.05, 4.69) is 50.4 Å². The van der Waals surface area contributed by atoms with Gasteiger partial charge in [0, 0.05) is 29.9 Å². The molecule has 21 heavy (non-hydrogen) atoms.